The Hall–Kier alpha value is -2.93. The SMILES string of the molecule is Cc1ncc(CN(CCO)C(=O)c2c(-c3ccccc3)noc2C)[nH]1. The first-order valence-corrected chi connectivity index (χ1v) is 8.02. The van der Waals surface area contributed by atoms with Gasteiger partial charge < -0.3 is 19.5 Å². The van der Waals surface area contributed by atoms with Crippen molar-refractivity contribution in [2.45, 2.75) is 20.4 Å². The van der Waals surface area contributed by atoms with Gasteiger partial charge in [-0.25, -0.2) is 4.98 Å². The van der Waals surface area contributed by atoms with Crippen LogP contribution in [0.4, 0.5) is 0 Å². The highest BCUT2D eigenvalue weighted by atomic mass is 16.5. The number of aromatic amines is 1. The van der Waals surface area contributed by atoms with Crippen LogP contribution in [0.15, 0.2) is 41.1 Å². The van der Waals surface area contributed by atoms with Crippen LogP contribution in [-0.4, -0.2) is 44.2 Å². The second-order valence-electron chi connectivity index (χ2n) is 5.77. The Morgan fingerprint density at radius 1 is 1.28 bits per heavy atom. The summed E-state index contributed by atoms with van der Waals surface area (Å²) in [6, 6.07) is 9.42. The molecule has 0 aliphatic rings. The van der Waals surface area contributed by atoms with Gasteiger partial charge in [0.2, 0.25) is 0 Å². The van der Waals surface area contributed by atoms with Crippen LogP contribution in [0, 0.1) is 13.8 Å². The molecule has 0 unspecified atom stereocenters. The normalized spacial score (nSPS) is 10.8. The van der Waals surface area contributed by atoms with Crippen LogP contribution >= 0.6 is 0 Å². The molecule has 25 heavy (non-hydrogen) atoms. The van der Waals surface area contributed by atoms with Gasteiger partial charge >= 0.3 is 0 Å². The number of aliphatic hydroxyl groups excluding tert-OH is 1. The number of nitrogens with one attached hydrogen (secondary N) is 1. The third kappa shape index (κ3) is 3.61. The van der Waals surface area contributed by atoms with E-state index < -0.39 is 0 Å². The number of benzene rings is 1. The van der Waals surface area contributed by atoms with E-state index in [9.17, 15) is 9.90 Å². The quantitative estimate of drug-likeness (QED) is 0.718. The van der Waals surface area contributed by atoms with Crippen molar-refractivity contribution in [1.29, 1.82) is 0 Å². The molecule has 1 amide bonds. The van der Waals surface area contributed by atoms with Crippen LogP contribution in [0.25, 0.3) is 11.3 Å². The molecule has 130 valence electrons. The Morgan fingerprint density at radius 2 is 2.04 bits per heavy atom. The van der Waals surface area contributed by atoms with E-state index in [0.717, 1.165) is 17.1 Å². The molecule has 0 atom stereocenters. The average Bonchev–Trinajstić information content (AvgIpc) is 3.20. The summed E-state index contributed by atoms with van der Waals surface area (Å²) in [6.07, 6.45) is 1.69. The van der Waals surface area contributed by atoms with Crippen LogP contribution in [0.1, 0.15) is 27.6 Å². The predicted octanol–water partition coefficient (Wildman–Crippen LogP) is 2.32. The number of nitrogens with zero attached hydrogens (tertiary/aromatic N) is 3. The smallest absolute Gasteiger partial charge is 0.260 e. The van der Waals surface area contributed by atoms with Crippen LogP contribution in [0.3, 0.4) is 0 Å². The van der Waals surface area contributed by atoms with Gasteiger partial charge in [-0.1, -0.05) is 35.5 Å². The highest BCUT2D eigenvalue weighted by Gasteiger charge is 2.26. The minimum Gasteiger partial charge on any atom is -0.395 e. The van der Waals surface area contributed by atoms with Crippen LogP contribution in [0.5, 0.6) is 0 Å². The second-order valence-corrected chi connectivity index (χ2v) is 5.77. The summed E-state index contributed by atoms with van der Waals surface area (Å²) in [5.41, 5.74) is 2.53. The van der Waals surface area contributed by atoms with Gasteiger partial charge in [-0.3, -0.25) is 4.79 Å². The molecule has 0 fully saturated rings. The number of hydrogen-bond acceptors (Lipinski definition) is 5. The summed E-state index contributed by atoms with van der Waals surface area (Å²) in [4.78, 5) is 21.9. The van der Waals surface area contributed by atoms with Crippen LogP contribution in [-0.2, 0) is 6.54 Å². The number of carbonyl (C=O) groups is 1. The zero-order chi connectivity index (χ0) is 17.8. The third-order valence-electron chi connectivity index (χ3n) is 3.90. The number of amides is 1. The summed E-state index contributed by atoms with van der Waals surface area (Å²) < 4.78 is 5.27. The molecule has 7 heteroatoms. The molecule has 3 rings (SSSR count). The molecule has 0 radical (unpaired) electrons. The molecule has 7 nitrogen and oxygen atoms in total. The first-order chi connectivity index (χ1) is 12.1. The van der Waals surface area contributed by atoms with Gasteiger partial charge in [0, 0.05) is 12.1 Å². The van der Waals surface area contributed by atoms with E-state index in [1.807, 2.05) is 37.3 Å². The number of imidazole rings is 1. The Balaban J connectivity index is 1.93. The lowest BCUT2D eigenvalue weighted by molar-refractivity contribution is 0.0704. The molecule has 2 N–H and O–H groups in total. The number of hydrogen-bond donors (Lipinski definition) is 2. The van der Waals surface area contributed by atoms with Crippen molar-refractivity contribution in [1.82, 2.24) is 20.0 Å². The fourth-order valence-corrected chi connectivity index (χ4v) is 2.71. The van der Waals surface area contributed by atoms with Gasteiger partial charge in [-0.2, -0.15) is 0 Å². The molecule has 2 aromatic heterocycles. The topological polar surface area (TPSA) is 95.2 Å². The maximum absolute atomic E-state index is 13.1. The van der Waals surface area contributed by atoms with Crippen molar-refractivity contribution < 1.29 is 14.4 Å². The molecule has 1 aromatic carbocycles. The zero-order valence-electron chi connectivity index (χ0n) is 14.2. The maximum Gasteiger partial charge on any atom is 0.260 e. The Bertz CT molecular complexity index is 854. The minimum absolute atomic E-state index is 0.135. The second kappa shape index (κ2) is 7.31. The van der Waals surface area contributed by atoms with Gasteiger partial charge in [-0.05, 0) is 13.8 Å². The van der Waals surface area contributed by atoms with Crippen LogP contribution in [0.2, 0.25) is 0 Å². The van der Waals surface area contributed by atoms with Crippen molar-refractivity contribution in [3.8, 4) is 11.3 Å². The fraction of sp³-hybridized carbons (Fsp3) is 0.278. The van der Waals surface area contributed by atoms with Crippen molar-refractivity contribution in [3.05, 3.63) is 59.4 Å². The number of H-pyrrole nitrogens is 1. The predicted molar refractivity (Wildman–Crippen MR) is 91.8 cm³/mol. The van der Waals surface area contributed by atoms with E-state index in [-0.39, 0.29) is 19.1 Å². The number of aryl methyl sites for hydroxylation is 2. The van der Waals surface area contributed by atoms with Crippen LogP contribution < -0.4 is 0 Å². The maximum atomic E-state index is 13.1. The van der Waals surface area contributed by atoms with Crippen molar-refractivity contribution in [3.63, 3.8) is 0 Å². The van der Waals surface area contributed by atoms with Crippen molar-refractivity contribution in [2.75, 3.05) is 13.2 Å². The Kier molecular flexibility index (Phi) is 4.95. The number of rotatable bonds is 6. The Labute approximate surface area is 145 Å². The molecule has 0 aliphatic carbocycles. The summed E-state index contributed by atoms with van der Waals surface area (Å²) in [5, 5.41) is 13.4. The summed E-state index contributed by atoms with van der Waals surface area (Å²) in [7, 11) is 0. The first kappa shape index (κ1) is 16.9. The largest absolute Gasteiger partial charge is 0.395 e. The zero-order valence-corrected chi connectivity index (χ0v) is 14.2. The summed E-state index contributed by atoms with van der Waals surface area (Å²) in [6.45, 7) is 3.95. The van der Waals surface area contributed by atoms with Gasteiger partial charge in [0.25, 0.3) is 5.91 Å². The first-order valence-electron chi connectivity index (χ1n) is 8.02. The molecule has 0 saturated carbocycles. The van der Waals surface area contributed by atoms with Gasteiger partial charge in [-0.15, -0.1) is 0 Å². The highest BCUT2D eigenvalue weighted by molar-refractivity contribution is 6.00. The van der Waals surface area contributed by atoms with E-state index in [0.29, 0.717) is 23.6 Å². The highest BCUT2D eigenvalue weighted by Crippen LogP contribution is 2.26. The molecule has 0 saturated heterocycles. The number of aliphatic hydroxyl groups is 1. The molecule has 0 bridgehead atoms. The van der Waals surface area contributed by atoms with Gasteiger partial charge in [0.1, 0.15) is 22.8 Å². The monoisotopic (exact) mass is 340 g/mol. The molecule has 0 aliphatic heterocycles. The molecule has 0 spiro atoms. The van der Waals surface area contributed by atoms with E-state index in [4.69, 9.17) is 4.52 Å². The van der Waals surface area contributed by atoms with Crippen molar-refractivity contribution >= 4 is 5.91 Å². The van der Waals surface area contributed by atoms with E-state index in [2.05, 4.69) is 15.1 Å². The Morgan fingerprint density at radius 3 is 2.68 bits per heavy atom. The van der Waals surface area contributed by atoms with E-state index in [1.165, 1.54) is 0 Å². The number of carbonyl (C=O) groups excluding carboxylic acids is 1. The minimum atomic E-state index is -0.237. The van der Waals surface area contributed by atoms with E-state index >= 15 is 0 Å². The number of aromatic nitrogens is 3. The summed E-state index contributed by atoms with van der Waals surface area (Å²) >= 11 is 0. The summed E-state index contributed by atoms with van der Waals surface area (Å²) in [5.74, 6) is 0.990. The lowest BCUT2D eigenvalue weighted by Crippen LogP contribution is -2.33. The lowest BCUT2D eigenvalue weighted by atomic mass is 10.1. The van der Waals surface area contributed by atoms with E-state index in [1.54, 1.807) is 18.0 Å². The molecule has 3 aromatic rings. The average molecular weight is 340 g/mol. The fourth-order valence-electron chi connectivity index (χ4n) is 2.71. The van der Waals surface area contributed by atoms with Crippen molar-refractivity contribution in [2.24, 2.45) is 0 Å². The standard InChI is InChI=1S/C18H20N4O3/c1-12-16(17(21-25-12)14-6-4-3-5-7-14)18(24)22(8-9-23)11-15-10-19-13(2)20-15/h3-7,10,23H,8-9,11H2,1-2H3,(H,19,20). The lowest BCUT2D eigenvalue weighted by Gasteiger charge is -2.21. The van der Waals surface area contributed by atoms with Gasteiger partial charge in [0.05, 0.1) is 25.0 Å². The third-order valence-corrected chi connectivity index (χ3v) is 3.90. The molecular weight excluding hydrogens is 320 g/mol. The van der Waals surface area contributed by atoms with Gasteiger partial charge in [0.15, 0.2) is 0 Å². The molecular formula is C18H20N4O3. The molecule has 2 heterocycles.